The molecule has 130 valence electrons. The summed E-state index contributed by atoms with van der Waals surface area (Å²) >= 11 is 0. The number of benzene rings is 1. The molecule has 24 heavy (non-hydrogen) atoms. The zero-order valence-electron chi connectivity index (χ0n) is 14.5. The highest BCUT2D eigenvalue weighted by atomic mass is 16.6. The molecule has 0 aromatic heterocycles. The van der Waals surface area contributed by atoms with Crippen LogP contribution in [0, 0.1) is 5.92 Å². The maximum Gasteiger partial charge on any atom is 0.337 e. The number of amides is 1. The second-order valence-corrected chi connectivity index (χ2v) is 6.34. The molecule has 0 spiro atoms. The van der Waals surface area contributed by atoms with E-state index in [1.165, 1.54) is 6.92 Å². The summed E-state index contributed by atoms with van der Waals surface area (Å²) in [6, 6.07) is 6.59. The Morgan fingerprint density at radius 3 is 2.54 bits per heavy atom. The fourth-order valence-corrected chi connectivity index (χ4v) is 2.60. The number of rotatable bonds is 7. The van der Waals surface area contributed by atoms with Gasteiger partial charge >= 0.3 is 5.97 Å². The van der Waals surface area contributed by atoms with Crippen LogP contribution in [0.2, 0.25) is 0 Å². The Balaban J connectivity index is 2.15. The van der Waals surface area contributed by atoms with Gasteiger partial charge in [0.15, 0.2) is 6.04 Å². The van der Waals surface area contributed by atoms with E-state index in [9.17, 15) is 9.59 Å². The number of nitrogens with one attached hydrogen (secondary N) is 1. The van der Waals surface area contributed by atoms with Crippen molar-refractivity contribution in [2.75, 3.05) is 7.11 Å². The summed E-state index contributed by atoms with van der Waals surface area (Å²) in [6.45, 7) is 5.50. The zero-order chi connectivity index (χ0) is 17.7. The number of nitrogens with zero attached hydrogens (tertiary/aromatic N) is 1. The van der Waals surface area contributed by atoms with Crippen LogP contribution in [0.25, 0.3) is 0 Å². The van der Waals surface area contributed by atoms with E-state index in [4.69, 9.17) is 9.47 Å². The van der Waals surface area contributed by atoms with Crippen LogP contribution in [-0.2, 0) is 20.7 Å². The van der Waals surface area contributed by atoms with Gasteiger partial charge in [0.05, 0.1) is 7.11 Å². The maximum absolute atomic E-state index is 12.0. The minimum Gasteiger partial charge on any atom is -0.497 e. The molecular weight excluding hydrogens is 308 g/mol. The summed E-state index contributed by atoms with van der Waals surface area (Å²) in [5.74, 6) is 0.850. The number of cyclic esters (lactones) is 1. The lowest BCUT2D eigenvalue weighted by molar-refractivity contribution is -0.135. The lowest BCUT2D eigenvalue weighted by atomic mass is 10.0. The quantitative estimate of drug-likeness (QED) is 0.776. The molecule has 1 heterocycles. The molecule has 1 N–H and O–H groups in total. The second kappa shape index (κ2) is 7.95. The molecule has 1 aliphatic heterocycles. The number of hydrogen-bond donors (Lipinski definition) is 1. The molecule has 2 atom stereocenters. The van der Waals surface area contributed by atoms with E-state index in [1.54, 1.807) is 7.11 Å². The lowest BCUT2D eigenvalue weighted by Gasteiger charge is -2.17. The molecule has 1 amide bonds. The van der Waals surface area contributed by atoms with Crippen molar-refractivity contribution in [1.29, 1.82) is 0 Å². The highest BCUT2D eigenvalue weighted by Crippen LogP contribution is 2.19. The predicted octanol–water partition coefficient (Wildman–Crippen LogP) is 2.11. The third-order valence-electron chi connectivity index (χ3n) is 3.73. The van der Waals surface area contributed by atoms with Gasteiger partial charge in [0.1, 0.15) is 11.8 Å². The standard InChI is InChI=1S/C18H24N2O4/c1-11(2)9-16-18(22)24-17(20-16)15(19-12(3)21)10-13-5-7-14(23-4)8-6-13/h5-8,11,15-16H,9-10H2,1-4H3,(H,19,21). The first kappa shape index (κ1) is 18.0. The van der Waals surface area contributed by atoms with Crippen molar-refractivity contribution >= 4 is 17.8 Å². The van der Waals surface area contributed by atoms with E-state index < -0.39 is 12.1 Å². The van der Waals surface area contributed by atoms with Gasteiger partial charge in [-0.15, -0.1) is 0 Å². The van der Waals surface area contributed by atoms with Gasteiger partial charge in [0, 0.05) is 13.3 Å². The Bertz CT molecular complexity index is 622. The van der Waals surface area contributed by atoms with Crippen molar-refractivity contribution in [1.82, 2.24) is 5.32 Å². The van der Waals surface area contributed by atoms with Crippen LogP contribution in [0.15, 0.2) is 29.3 Å². The third kappa shape index (κ3) is 4.81. The monoisotopic (exact) mass is 332 g/mol. The van der Waals surface area contributed by atoms with E-state index in [2.05, 4.69) is 10.3 Å². The molecule has 1 aromatic rings. The van der Waals surface area contributed by atoms with Crippen molar-refractivity contribution in [2.45, 2.75) is 45.7 Å². The Morgan fingerprint density at radius 1 is 1.33 bits per heavy atom. The van der Waals surface area contributed by atoms with E-state index in [1.807, 2.05) is 38.1 Å². The predicted molar refractivity (Wildman–Crippen MR) is 91.1 cm³/mol. The van der Waals surface area contributed by atoms with E-state index in [0.29, 0.717) is 18.8 Å². The van der Waals surface area contributed by atoms with Crippen LogP contribution in [-0.4, -0.2) is 37.0 Å². The molecule has 0 saturated carbocycles. The highest BCUT2D eigenvalue weighted by molar-refractivity contribution is 6.01. The molecule has 0 saturated heterocycles. The molecule has 0 bridgehead atoms. The number of carbonyl (C=O) groups is 2. The Hall–Kier alpha value is -2.37. The topological polar surface area (TPSA) is 77.0 Å². The Labute approximate surface area is 142 Å². The molecule has 2 rings (SSSR count). The fourth-order valence-electron chi connectivity index (χ4n) is 2.60. The van der Waals surface area contributed by atoms with Gasteiger partial charge in [-0.3, -0.25) is 4.79 Å². The van der Waals surface area contributed by atoms with Crippen molar-refractivity contribution in [3.63, 3.8) is 0 Å². The summed E-state index contributed by atoms with van der Waals surface area (Å²) in [4.78, 5) is 27.9. The van der Waals surface area contributed by atoms with Crippen molar-refractivity contribution < 1.29 is 19.1 Å². The summed E-state index contributed by atoms with van der Waals surface area (Å²) in [5, 5.41) is 2.82. The minimum atomic E-state index is -0.480. The molecule has 1 aromatic carbocycles. The minimum absolute atomic E-state index is 0.195. The highest BCUT2D eigenvalue weighted by Gasteiger charge is 2.34. The molecule has 2 unspecified atom stereocenters. The van der Waals surface area contributed by atoms with E-state index in [-0.39, 0.29) is 17.8 Å². The summed E-state index contributed by atoms with van der Waals surface area (Å²) in [6.07, 6.45) is 1.13. The van der Waals surface area contributed by atoms with Crippen LogP contribution >= 0.6 is 0 Å². The summed E-state index contributed by atoms with van der Waals surface area (Å²) < 4.78 is 10.5. The average molecular weight is 332 g/mol. The van der Waals surface area contributed by atoms with Crippen molar-refractivity contribution in [3.05, 3.63) is 29.8 Å². The fraction of sp³-hybridized carbons (Fsp3) is 0.500. The molecule has 0 fully saturated rings. The van der Waals surface area contributed by atoms with Gasteiger partial charge in [-0.1, -0.05) is 26.0 Å². The number of ether oxygens (including phenoxy) is 2. The van der Waals surface area contributed by atoms with Gasteiger partial charge in [-0.25, -0.2) is 9.79 Å². The van der Waals surface area contributed by atoms with Crippen molar-refractivity contribution in [3.8, 4) is 5.75 Å². The van der Waals surface area contributed by atoms with Crippen LogP contribution in [0.5, 0.6) is 5.75 Å². The number of aliphatic imine (C=N–C) groups is 1. The van der Waals surface area contributed by atoms with Gasteiger partial charge in [-0.2, -0.15) is 0 Å². The molecular formula is C18H24N2O4. The first-order valence-corrected chi connectivity index (χ1v) is 8.08. The number of hydrogen-bond acceptors (Lipinski definition) is 5. The smallest absolute Gasteiger partial charge is 0.337 e. The van der Waals surface area contributed by atoms with Crippen LogP contribution < -0.4 is 10.1 Å². The number of methoxy groups -OCH3 is 1. The summed E-state index contributed by atoms with van der Waals surface area (Å²) in [7, 11) is 1.61. The van der Waals surface area contributed by atoms with Gasteiger partial charge in [0.25, 0.3) is 0 Å². The lowest BCUT2D eigenvalue weighted by Crippen LogP contribution is -2.41. The molecule has 6 heteroatoms. The van der Waals surface area contributed by atoms with E-state index >= 15 is 0 Å². The van der Waals surface area contributed by atoms with Crippen LogP contribution in [0.1, 0.15) is 32.8 Å². The average Bonchev–Trinajstić information content (AvgIpc) is 2.87. The number of esters is 1. The van der Waals surface area contributed by atoms with Crippen molar-refractivity contribution in [2.24, 2.45) is 10.9 Å². The Kier molecular flexibility index (Phi) is 5.95. The third-order valence-corrected chi connectivity index (χ3v) is 3.73. The first-order chi connectivity index (χ1) is 11.4. The number of carbonyl (C=O) groups excluding carboxylic acids is 2. The largest absolute Gasteiger partial charge is 0.497 e. The zero-order valence-corrected chi connectivity index (χ0v) is 14.5. The maximum atomic E-state index is 12.0. The molecule has 6 nitrogen and oxygen atoms in total. The normalized spacial score (nSPS) is 18.1. The first-order valence-electron chi connectivity index (χ1n) is 8.08. The molecule has 1 aliphatic rings. The summed E-state index contributed by atoms with van der Waals surface area (Å²) in [5.41, 5.74) is 0.987. The van der Waals surface area contributed by atoms with Gasteiger partial charge < -0.3 is 14.8 Å². The Morgan fingerprint density at radius 2 is 2.00 bits per heavy atom. The molecule has 0 aliphatic carbocycles. The van der Waals surface area contributed by atoms with Crippen LogP contribution in [0.3, 0.4) is 0 Å². The molecule has 0 radical (unpaired) electrons. The second-order valence-electron chi connectivity index (χ2n) is 6.34. The van der Waals surface area contributed by atoms with E-state index in [0.717, 1.165) is 11.3 Å². The van der Waals surface area contributed by atoms with Crippen LogP contribution in [0.4, 0.5) is 0 Å². The van der Waals surface area contributed by atoms with Gasteiger partial charge in [0.2, 0.25) is 11.8 Å². The SMILES string of the molecule is COc1ccc(CC(NC(C)=O)C2=NC(CC(C)C)C(=O)O2)cc1. The van der Waals surface area contributed by atoms with Gasteiger partial charge in [-0.05, 0) is 30.0 Å².